The summed E-state index contributed by atoms with van der Waals surface area (Å²) in [7, 11) is 4.05. The van der Waals surface area contributed by atoms with Gasteiger partial charge in [-0.15, -0.1) is 0 Å². The van der Waals surface area contributed by atoms with Crippen molar-refractivity contribution < 1.29 is 0 Å². The maximum atomic E-state index is 6.46. The molecule has 2 atom stereocenters. The maximum Gasteiger partial charge on any atom is 0.0850 e. The van der Waals surface area contributed by atoms with Gasteiger partial charge in [0.15, 0.2) is 0 Å². The lowest BCUT2D eigenvalue weighted by Gasteiger charge is -2.33. The summed E-state index contributed by atoms with van der Waals surface area (Å²) < 4.78 is 2.27. The van der Waals surface area contributed by atoms with Crippen molar-refractivity contribution in [2.75, 3.05) is 12.8 Å². The third-order valence-corrected chi connectivity index (χ3v) is 6.31. The van der Waals surface area contributed by atoms with E-state index in [1.165, 1.54) is 18.6 Å². The fourth-order valence-corrected chi connectivity index (χ4v) is 4.75. The Hall–Kier alpha value is -0.190. The van der Waals surface area contributed by atoms with Crippen LogP contribution in [0, 0.1) is 0 Å². The van der Waals surface area contributed by atoms with E-state index < -0.39 is 0 Å². The van der Waals surface area contributed by atoms with E-state index in [-0.39, 0.29) is 0 Å². The molecular formula is C14H24ClN3S. The van der Waals surface area contributed by atoms with E-state index in [1.807, 2.05) is 11.7 Å². The molecule has 0 aromatic carbocycles. The van der Waals surface area contributed by atoms with Gasteiger partial charge in [-0.05, 0) is 39.0 Å². The lowest BCUT2D eigenvalue weighted by atomic mass is 9.92. The summed E-state index contributed by atoms with van der Waals surface area (Å²) in [5.74, 6) is 1.27. The van der Waals surface area contributed by atoms with Crippen molar-refractivity contribution in [1.82, 2.24) is 15.1 Å². The highest BCUT2D eigenvalue weighted by Gasteiger charge is 2.37. The number of nitrogens with zero attached hydrogens (tertiary/aromatic N) is 2. The van der Waals surface area contributed by atoms with Crippen LogP contribution in [-0.4, -0.2) is 33.4 Å². The van der Waals surface area contributed by atoms with Gasteiger partial charge in [-0.1, -0.05) is 18.5 Å². The molecule has 1 saturated heterocycles. The molecule has 0 aliphatic carbocycles. The van der Waals surface area contributed by atoms with Gasteiger partial charge in [-0.3, -0.25) is 4.68 Å². The molecule has 5 heteroatoms. The van der Waals surface area contributed by atoms with E-state index in [1.54, 1.807) is 0 Å². The molecule has 1 fully saturated rings. The van der Waals surface area contributed by atoms with Crippen molar-refractivity contribution in [2.24, 2.45) is 7.05 Å². The van der Waals surface area contributed by atoms with Gasteiger partial charge < -0.3 is 5.32 Å². The Morgan fingerprint density at radius 3 is 2.79 bits per heavy atom. The predicted octanol–water partition coefficient (Wildman–Crippen LogP) is 3.05. The average Bonchev–Trinajstić information content (AvgIpc) is 2.93. The van der Waals surface area contributed by atoms with Gasteiger partial charge in [0, 0.05) is 24.3 Å². The molecule has 0 spiro atoms. The third-order valence-electron chi connectivity index (χ3n) is 4.24. The fraction of sp³-hybridized carbons (Fsp3) is 0.786. The van der Waals surface area contributed by atoms with Crippen LogP contribution in [0.1, 0.15) is 38.1 Å². The van der Waals surface area contributed by atoms with Crippen molar-refractivity contribution in [3.05, 3.63) is 16.4 Å². The van der Waals surface area contributed by atoms with E-state index in [9.17, 15) is 0 Å². The summed E-state index contributed by atoms with van der Waals surface area (Å²) in [5, 5.41) is 8.87. The van der Waals surface area contributed by atoms with E-state index in [4.69, 9.17) is 11.6 Å². The van der Waals surface area contributed by atoms with Crippen LogP contribution in [0.15, 0.2) is 0 Å². The van der Waals surface area contributed by atoms with Gasteiger partial charge in [0.05, 0.1) is 16.4 Å². The van der Waals surface area contributed by atoms with Crippen LogP contribution >= 0.6 is 23.4 Å². The number of rotatable bonds is 5. The summed E-state index contributed by atoms with van der Waals surface area (Å²) in [6.07, 6.45) is 4.43. The molecule has 2 unspecified atom stereocenters. The average molecular weight is 302 g/mol. The molecule has 1 N–H and O–H groups in total. The summed E-state index contributed by atoms with van der Waals surface area (Å²) in [6.45, 7) is 4.47. The molecule has 0 bridgehead atoms. The standard InChI is InChI=1S/C14H24ClN3S/c1-5-10-13(15)11(18(4)17-10)9-12(16-3)14(2)7-6-8-19-14/h12,16H,5-9H2,1-4H3. The van der Waals surface area contributed by atoms with Gasteiger partial charge in [0.25, 0.3) is 0 Å². The van der Waals surface area contributed by atoms with Crippen LogP contribution in [0.5, 0.6) is 0 Å². The Morgan fingerprint density at radius 1 is 1.58 bits per heavy atom. The van der Waals surface area contributed by atoms with Crippen molar-refractivity contribution in [3.8, 4) is 0 Å². The quantitative estimate of drug-likeness (QED) is 0.906. The number of nitrogens with one attached hydrogen (secondary N) is 1. The molecule has 2 heterocycles. The molecule has 0 radical (unpaired) electrons. The van der Waals surface area contributed by atoms with Gasteiger partial charge in [0.1, 0.15) is 0 Å². The lowest BCUT2D eigenvalue weighted by Crippen LogP contribution is -2.45. The number of hydrogen-bond donors (Lipinski definition) is 1. The van der Waals surface area contributed by atoms with Crippen molar-refractivity contribution >= 4 is 23.4 Å². The zero-order chi connectivity index (χ0) is 14.0. The second-order valence-corrected chi connectivity index (χ2v) is 7.50. The second kappa shape index (κ2) is 6.06. The number of hydrogen-bond acceptors (Lipinski definition) is 3. The normalized spacial score (nSPS) is 24.9. The minimum Gasteiger partial charge on any atom is -0.315 e. The van der Waals surface area contributed by atoms with Crippen LogP contribution in [0.25, 0.3) is 0 Å². The highest BCUT2D eigenvalue weighted by atomic mass is 35.5. The molecular weight excluding hydrogens is 278 g/mol. The highest BCUT2D eigenvalue weighted by molar-refractivity contribution is 8.00. The Balaban J connectivity index is 2.21. The van der Waals surface area contributed by atoms with Crippen molar-refractivity contribution in [2.45, 2.75) is 50.3 Å². The Bertz CT molecular complexity index is 438. The number of likely N-dealkylation sites (N-methyl/N-ethyl adjacent to an activating group) is 1. The third kappa shape index (κ3) is 2.96. The first-order chi connectivity index (χ1) is 9.01. The number of aryl methyl sites for hydroxylation is 2. The van der Waals surface area contributed by atoms with E-state index in [0.717, 1.165) is 29.3 Å². The predicted molar refractivity (Wildman–Crippen MR) is 84.2 cm³/mol. The molecule has 0 saturated carbocycles. The number of halogens is 1. The summed E-state index contributed by atoms with van der Waals surface area (Å²) in [5.41, 5.74) is 2.17. The molecule has 0 amide bonds. The van der Waals surface area contributed by atoms with Gasteiger partial charge in [0.2, 0.25) is 0 Å². The van der Waals surface area contributed by atoms with E-state index in [0.29, 0.717) is 10.8 Å². The Morgan fingerprint density at radius 2 is 2.32 bits per heavy atom. The minimum atomic E-state index is 0.314. The topological polar surface area (TPSA) is 29.9 Å². The summed E-state index contributed by atoms with van der Waals surface area (Å²) in [6, 6.07) is 0.442. The Labute approximate surface area is 125 Å². The highest BCUT2D eigenvalue weighted by Crippen LogP contribution is 2.41. The summed E-state index contributed by atoms with van der Waals surface area (Å²) in [4.78, 5) is 0. The van der Waals surface area contributed by atoms with E-state index in [2.05, 4.69) is 43.1 Å². The van der Waals surface area contributed by atoms with E-state index >= 15 is 0 Å². The summed E-state index contributed by atoms with van der Waals surface area (Å²) >= 11 is 8.55. The van der Waals surface area contributed by atoms with Crippen molar-refractivity contribution in [1.29, 1.82) is 0 Å². The first-order valence-corrected chi connectivity index (χ1v) is 8.39. The molecule has 3 nitrogen and oxygen atoms in total. The molecule has 1 aliphatic rings. The Kier molecular flexibility index (Phi) is 4.85. The molecule has 108 valence electrons. The SMILES string of the molecule is CCc1nn(C)c(CC(NC)C2(C)CCCS2)c1Cl. The van der Waals surface area contributed by atoms with Gasteiger partial charge >= 0.3 is 0 Å². The molecule has 1 aliphatic heterocycles. The second-order valence-electron chi connectivity index (χ2n) is 5.49. The van der Waals surface area contributed by atoms with Crippen LogP contribution in [0.4, 0.5) is 0 Å². The van der Waals surface area contributed by atoms with Crippen LogP contribution in [-0.2, 0) is 19.9 Å². The van der Waals surface area contributed by atoms with Gasteiger partial charge in [-0.2, -0.15) is 16.9 Å². The zero-order valence-corrected chi connectivity index (χ0v) is 13.9. The largest absolute Gasteiger partial charge is 0.315 e. The first-order valence-electron chi connectivity index (χ1n) is 7.03. The monoisotopic (exact) mass is 301 g/mol. The smallest absolute Gasteiger partial charge is 0.0850 e. The molecule has 19 heavy (non-hydrogen) atoms. The van der Waals surface area contributed by atoms with Gasteiger partial charge in [-0.25, -0.2) is 0 Å². The van der Waals surface area contributed by atoms with Crippen LogP contribution < -0.4 is 5.32 Å². The fourth-order valence-electron chi connectivity index (χ4n) is 2.93. The van der Waals surface area contributed by atoms with Crippen molar-refractivity contribution in [3.63, 3.8) is 0 Å². The molecule has 1 aromatic heterocycles. The van der Waals surface area contributed by atoms with Crippen LogP contribution in [0.2, 0.25) is 5.02 Å². The zero-order valence-electron chi connectivity index (χ0n) is 12.3. The molecule has 2 rings (SSSR count). The lowest BCUT2D eigenvalue weighted by molar-refractivity contribution is 0.416. The maximum absolute atomic E-state index is 6.46. The first kappa shape index (κ1) is 15.2. The molecule has 1 aromatic rings. The number of aromatic nitrogens is 2. The minimum absolute atomic E-state index is 0.314. The van der Waals surface area contributed by atoms with Crippen LogP contribution in [0.3, 0.4) is 0 Å². The number of thioether (sulfide) groups is 1.